The summed E-state index contributed by atoms with van der Waals surface area (Å²) < 4.78 is 2.06. The Morgan fingerprint density at radius 1 is 1.16 bits per heavy atom. The predicted octanol–water partition coefficient (Wildman–Crippen LogP) is 2.86. The first-order valence-corrected chi connectivity index (χ1v) is 7.05. The Kier molecular flexibility index (Phi) is 3.38. The van der Waals surface area contributed by atoms with Gasteiger partial charge in [0.25, 0.3) is 0 Å². The lowest BCUT2D eigenvalue weighted by molar-refractivity contribution is 0.440. The van der Waals surface area contributed by atoms with E-state index in [1.807, 2.05) is 6.20 Å². The summed E-state index contributed by atoms with van der Waals surface area (Å²) in [7, 11) is 2.06. The molecular formula is C16H21N3. The van der Waals surface area contributed by atoms with Gasteiger partial charge in [0.2, 0.25) is 0 Å². The van der Waals surface area contributed by atoms with Gasteiger partial charge in [0.05, 0.1) is 6.20 Å². The van der Waals surface area contributed by atoms with Crippen LogP contribution >= 0.6 is 0 Å². The van der Waals surface area contributed by atoms with Gasteiger partial charge in [-0.1, -0.05) is 29.8 Å². The van der Waals surface area contributed by atoms with E-state index >= 15 is 0 Å². The molecule has 0 saturated carbocycles. The van der Waals surface area contributed by atoms with Gasteiger partial charge >= 0.3 is 0 Å². The summed E-state index contributed by atoms with van der Waals surface area (Å²) in [5, 5.41) is 7.92. The topological polar surface area (TPSA) is 29.9 Å². The van der Waals surface area contributed by atoms with Crippen LogP contribution < -0.4 is 5.32 Å². The summed E-state index contributed by atoms with van der Waals surface area (Å²) in [4.78, 5) is 0. The van der Waals surface area contributed by atoms with E-state index in [1.54, 1.807) is 0 Å². The molecule has 1 aliphatic heterocycles. The van der Waals surface area contributed by atoms with Crippen LogP contribution in [0.4, 0.5) is 0 Å². The minimum absolute atomic E-state index is 0.630. The van der Waals surface area contributed by atoms with E-state index in [4.69, 9.17) is 0 Å². The average Bonchev–Trinajstić information content (AvgIpc) is 2.82. The number of aryl methyl sites for hydroxylation is 2. The van der Waals surface area contributed by atoms with Gasteiger partial charge in [-0.2, -0.15) is 5.10 Å². The smallest absolute Gasteiger partial charge is 0.0571 e. The van der Waals surface area contributed by atoms with Crippen molar-refractivity contribution in [1.29, 1.82) is 0 Å². The van der Waals surface area contributed by atoms with Gasteiger partial charge in [0.1, 0.15) is 0 Å². The predicted molar refractivity (Wildman–Crippen MR) is 78.2 cm³/mol. The molecule has 19 heavy (non-hydrogen) atoms. The summed E-state index contributed by atoms with van der Waals surface area (Å²) in [6.07, 6.45) is 4.43. The Hall–Kier alpha value is -1.61. The summed E-state index contributed by atoms with van der Waals surface area (Å²) >= 11 is 0. The zero-order valence-electron chi connectivity index (χ0n) is 11.7. The van der Waals surface area contributed by atoms with E-state index in [9.17, 15) is 0 Å². The lowest BCUT2D eigenvalue weighted by Gasteiger charge is -2.24. The summed E-state index contributed by atoms with van der Waals surface area (Å²) in [6, 6.07) is 8.76. The number of hydrogen-bond donors (Lipinski definition) is 1. The quantitative estimate of drug-likeness (QED) is 0.894. The molecule has 1 N–H and O–H groups in total. The van der Waals surface area contributed by atoms with Crippen LogP contribution in [0.15, 0.2) is 30.5 Å². The van der Waals surface area contributed by atoms with Gasteiger partial charge in [0.15, 0.2) is 0 Å². The van der Waals surface area contributed by atoms with Crippen LogP contribution in [0, 0.1) is 6.92 Å². The zero-order valence-corrected chi connectivity index (χ0v) is 11.7. The molecule has 2 heterocycles. The average molecular weight is 255 g/mol. The van der Waals surface area contributed by atoms with Crippen LogP contribution in [0.25, 0.3) is 11.1 Å². The highest BCUT2D eigenvalue weighted by Gasteiger charge is 2.22. The molecule has 0 unspecified atom stereocenters. The molecule has 2 aromatic rings. The van der Waals surface area contributed by atoms with Crippen molar-refractivity contribution in [2.24, 2.45) is 7.05 Å². The van der Waals surface area contributed by atoms with E-state index < -0.39 is 0 Å². The van der Waals surface area contributed by atoms with Crippen molar-refractivity contribution >= 4 is 0 Å². The van der Waals surface area contributed by atoms with Crippen LogP contribution in [0.5, 0.6) is 0 Å². The van der Waals surface area contributed by atoms with Crippen molar-refractivity contribution < 1.29 is 0 Å². The number of nitrogens with zero attached hydrogens (tertiary/aromatic N) is 2. The van der Waals surface area contributed by atoms with Crippen LogP contribution in [0.2, 0.25) is 0 Å². The van der Waals surface area contributed by atoms with E-state index in [1.165, 1.54) is 35.2 Å². The van der Waals surface area contributed by atoms with Gasteiger partial charge in [-0.25, -0.2) is 0 Å². The fraction of sp³-hybridized carbons (Fsp3) is 0.438. The van der Waals surface area contributed by atoms with E-state index in [0.29, 0.717) is 5.92 Å². The molecule has 0 amide bonds. The Balaban J connectivity index is 1.99. The molecule has 1 aromatic heterocycles. The van der Waals surface area contributed by atoms with E-state index in [-0.39, 0.29) is 0 Å². The summed E-state index contributed by atoms with van der Waals surface area (Å²) in [5.74, 6) is 0.630. The highest BCUT2D eigenvalue weighted by Crippen LogP contribution is 2.33. The largest absolute Gasteiger partial charge is 0.317 e. The molecule has 0 radical (unpaired) electrons. The molecule has 0 spiro atoms. The second-order valence-electron chi connectivity index (χ2n) is 5.46. The van der Waals surface area contributed by atoms with E-state index in [2.05, 4.69) is 53.3 Å². The molecule has 1 aliphatic rings. The van der Waals surface area contributed by atoms with Crippen LogP contribution in [-0.2, 0) is 7.05 Å². The lowest BCUT2D eigenvalue weighted by atomic mass is 9.90. The van der Waals surface area contributed by atoms with Crippen molar-refractivity contribution in [2.45, 2.75) is 25.7 Å². The zero-order chi connectivity index (χ0) is 13.2. The van der Waals surface area contributed by atoms with Gasteiger partial charge < -0.3 is 5.32 Å². The summed E-state index contributed by atoms with van der Waals surface area (Å²) in [6.45, 7) is 4.35. The van der Waals surface area contributed by atoms with Crippen LogP contribution in [0.1, 0.15) is 30.0 Å². The lowest BCUT2D eigenvalue weighted by Crippen LogP contribution is -2.27. The first kappa shape index (κ1) is 12.4. The minimum Gasteiger partial charge on any atom is -0.317 e. The van der Waals surface area contributed by atoms with Gasteiger partial charge in [-0.15, -0.1) is 0 Å². The molecule has 0 bridgehead atoms. The normalized spacial score (nSPS) is 16.7. The van der Waals surface area contributed by atoms with Gasteiger partial charge in [-0.05, 0) is 38.4 Å². The third-order valence-corrected chi connectivity index (χ3v) is 4.07. The Morgan fingerprint density at radius 2 is 1.84 bits per heavy atom. The standard InChI is InChI=1S/C16H21N3/c1-12-3-5-13(6-4-12)15-11-18-19(2)16(15)14-7-9-17-10-8-14/h3-6,11,14,17H,7-10H2,1-2H3. The number of hydrogen-bond acceptors (Lipinski definition) is 2. The fourth-order valence-corrected chi connectivity index (χ4v) is 2.98. The number of aromatic nitrogens is 2. The van der Waals surface area contributed by atoms with Crippen molar-refractivity contribution in [1.82, 2.24) is 15.1 Å². The second-order valence-corrected chi connectivity index (χ2v) is 5.46. The molecule has 0 atom stereocenters. The van der Waals surface area contributed by atoms with Gasteiger partial charge in [0, 0.05) is 24.2 Å². The van der Waals surface area contributed by atoms with Crippen LogP contribution in [0.3, 0.4) is 0 Å². The summed E-state index contributed by atoms with van der Waals surface area (Å²) in [5.41, 5.74) is 5.28. The first-order valence-electron chi connectivity index (χ1n) is 7.05. The number of rotatable bonds is 2. The fourth-order valence-electron chi connectivity index (χ4n) is 2.98. The van der Waals surface area contributed by atoms with E-state index in [0.717, 1.165) is 13.1 Å². The Morgan fingerprint density at radius 3 is 2.53 bits per heavy atom. The van der Waals surface area contributed by atoms with Crippen molar-refractivity contribution in [2.75, 3.05) is 13.1 Å². The molecule has 3 heteroatoms. The number of piperidine rings is 1. The first-order chi connectivity index (χ1) is 9.25. The van der Waals surface area contributed by atoms with Crippen molar-refractivity contribution in [3.63, 3.8) is 0 Å². The van der Waals surface area contributed by atoms with Crippen LogP contribution in [-0.4, -0.2) is 22.9 Å². The molecule has 1 fully saturated rings. The third-order valence-electron chi connectivity index (χ3n) is 4.07. The Bertz CT molecular complexity index is 548. The highest BCUT2D eigenvalue weighted by atomic mass is 15.3. The molecule has 0 aliphatic carbocycles. The highest BCUT2D eigenvalue weighted by molar-refractivity contribution is 5.66. The molecule has 1 aromatic carbocycles. The maximum atomic E-state index is 4.49. The molecular weight excluding hydrogens is 234 g/mol. The SMILES string of the molecule is Cc1ccc(-c2cnn(C)c2C2CCNCC2)cc1. The monoisotopic (exact) mass is 255 g/mol. The molecule has 1 saturated heterocycles. The number of nitrogens with one attached hydrogen (secondary N) is 1. The molecule has 3 rings (SSSR count). The molecule has 3 nitrogen and oxygen atoms in total. The van der Waals surface area contributed by atoms with Crippen molar-refractivity contribution in [3.8, 4) is 11.1 Å². The Labute approximate surface area is 114 Å². The maximum Gasteiger partial charge on any atom is 0.0571 e. The third kappa shape index (κ3) is 2.43. The number of benzene rings is 1. The van der Waals surface area contributed by atoms with Gasteiger partial charge in [-0.3, -0.25) is 4.68 Å². The molecule has 100 valence electrons. The maximum absolute atomic E-state index is 4.49. The van der Waals surface area contributed by atoms with Crippen molar-refractivity contribution in [3.05, 3.63) is 41.7 Å². The second kappa shape index (κ2) is 5.17. The minimum atomic E-state index is 0.630.